The zero-order chi connectivity index (χ0) is 46.3. The molecule has 0 amide bonds. The van der Waals surface area contributed by atoms with Gasteiger partial charge in [0.2, 0.25) is 0 Å². The minimum atomic E-state index is -0.193. The number of fused-ring (bicyclic) bond motifs is 7. The van der Waals surface area contributed by atoms with Gasteiger partial charge in [-0.15, -0.1) is 29.7 Å². The molecule has 6 nitrogen and oxygen atoms in total. The molecule has 7 heteroatoms. The van der Waals surface area contributed by atoms with E-state index in [0.717, 1.165) is 88.7 Å². The standard InChI is InChI=1S/C62H48N4O2.Pt/c1-61(2,3)43-32-33-63-59(36-43)66-53-23-11-10-20-48(53)49-29-28-46(38-56(49)66)67-45-19-14-18-44(37-45)64-39-65(55-25-13-12-24-54(55)64)60-47(21-15-22-52(60)62(4,5)6)42-27-31-58-51(35-42)50-34-41(26-30-57(50)68-58)40-16-8-7-9-17-40;/h7-36H,1-6H3;/q-2;. The van der Waals surface area contributed by atoms with E-state index in [1.165, 1.54) is 16.7 Å². The van der Waals surface area contributed by atoms with Crippen molar-refractivity contribution in [2.45, 2.75) is 52.4 Å². The van der Waals surface area contributed by atoms with E-state index in [2.05, 4.69) is 231 Å². The molecule has 4 aromatic heterocycles. The Labute approximate surface area is 416 Å². The molecule has 69 heavy (non-hydrogen) atoms. The predicted octanol–water partition coefficient (Wildman–Crippen LogP) is 15.4. The number of rotatable bonds is 7. The van der Waals surface area contributed by atoms with Gasteiger partial charge in [-0.1, -0.05) is 150 Å². The fourth-order valence-corrected chi connectivity index (χ4v) is 9.71. The van der Waals surface area contributed by atoms with Crippen molar-refractivity contribution in [3.63, 3.8) is 0 Å². The molecule has 0 saturated carbocycles. The van der Waals surface area contributed by atoms with E-state index >= 15 is 0 Å². The number of hydrogen-bond acceptors (Lipinski definition) is 3. The Morgan fingerprint density at radius 3 is 2.03 bits per heavy atom. The molecule has 0 aliphatic heterocycles. The summed E-state index contributed by atoms with van der Waals surface area (Å²) in [5, 5.41) is 4.38. The van der Waals surface area contributed by atoms with Gasteiger partial charge < -0.3 is 18.3 Å². The average molecular weight is 1080 g/mol. The van der Waals surface area contributed by atoms with Crippen LogP contribution in [0.1, 0.15) is 52.7 Å². The van der Waals surface area contributed by atoms with Gasteiger partial charge >= 0.3 is 0 Å². The van der Waals surface area contributed by atoms with Crippen molar-refractivity contribution in [3.05, 3.63) is 212 Å². The molecule has 0 saturated heterocycles. The van der Waals surface area contributed by atoms with E-state index < -0.39 is 0 Å². The van der Waals surface area contributed by atoms with Gasteiger partial charge in [0.1, 0.15) is 17.0 Å². The maximum atomic E-state index is 6.66. The van der Waals surface area contributed by atoms with Crippen LogP contribution in [0.2, 0.25) is 0 Å². The maximum absolute atomic E-state index is 6.66. The summed E-state index contributed by atoms with van der Waals surface area (Å²) < 4.78 is 19.6. The Kier molecular flexibility index (Phi) is 10.8. The van der Waals surface area contributed by atoms with Gasteiger partial charge in [0.25, 0.3) is 6.33 Å². The molecule has 0 atom stereocenters. The molecule has 0 aliphatic rings. The largest absolute Gasteiger partial charge is 0.510 e. The van der Waals surface area contributed by atoms with Gasteiger partial charge in [-0.25, -0.2) is 4.98 Å². The Morgan fingerprint density at radius 1 is 0.551 bits per heavy atom. The van der Waals surface area contributed by atoms with Crippen LogP contribution in [-0.2, 0) is 31.9 Å². The Hall–Kier alpha value is -7.53. The third-order valence-electron chi connectivity index (χ3n) is 13.1. The van der Waals surface area contributed by atoms with Crippen molar-refractivity contribution in [1.29, 1.82) is 0 Å². The van der Waals surface area contributed by atoms with Gasteiger partial charge in [-0.3, -0.25) is 4.57 Å². The number of hydrogen-bond donors (Lipinski definition) is 0. The molecule has 4 heterocycles. The van der Waals surface area contributed by atoms with Gasteiger partial charge in [0.15, 0.2) is 0 Å². The number of benzene rings is 8. The van der Waals surface area contributed by atoms with Crippen LogP contribution in [0.5, 0.6) is 11.5 Å². The van der Waals surface area contributed by atoms with E-state index in [-0.39, 0.29) is 31.9 Å². The second-order valence-electron chi connectivity index (χ2n) is 19.7. The quantitative estimate of drug-likeness (QED) is 0.118. The fraction of sp³-hybridized carbons (Fsp3) is 0.129. The van der Waals surface area contributed by atoms with Gasteiger partial charge in [-0.2, -0.15) is 18.2 Å². The molecule has 12 aromatic rings. The number of aromatic nitrogens is 4. The van der Waals surface area contributed by atoms with Crippen LogP contribution < -0.4 is 9.30 Å². The first-order valence-electron chi connectivity index (χ1n) is 23.2. The number of furan rings is 1. The first-order chi connectivity index (χ1) is 33.0. The smallest absolute Gasteiger partial charge is 0.268 e. The number of pyridine rings is 1. The normalized spacial score (nSPS) is 12.1. The van der Waals surface area contributed by atoms with Crippen molar-refractivity contribution in [2.75, 3.05) is 0 Å². The van der Waals surface area contributed by atoms with Crippen LogP contribution in [0.3, 0.4) is 0 Å². The summed E-state index contributed by atoms with van der Waals surface area (Å²) in [5.74, 6) is 2.00. The summed E-state index contributed by atoms with van der Waals surface area (Å²) in [6, 6.07) is 68.7. The van der Waals surface area contributed by atoms with Crippen LogP contribution in [0, 0.1) is 18.5 Å². The fourth-order valence-electron chi connectivity index (χ4n) is 9.71. The third-order valence-corrected chi connectivity index (χ3v) is 13.1. The molecule has 0 aliphatic carbocycles. The Morgan fingerprint density at radius 2 is 1.25 bits per heavy atom. The molecule has 0 unspecified atom stereocenters. The van der Waals surface area contributed by atoms with Crippen LogP contribution >= 0.6 is 0 Å². The zero-order valence-corrected chi connectivity index (χ0v) is 41.5. The minimum absolute atomic E-state index is 0. The van der Waals surface area contributed by atoms with E-state index in [4.69, 9.17) is 14.1 Å². The summed E-state index contributed by atoms with van der Waals surface area (Å²) >= 11 is 0. The van der Waals surface area contributed by atoms with E-state index in [0.29, 0.717) is 11.5 Å². The molecule has 12 rings (SSSR count). The molecule has 0 N–H and O–H groups in total. The number of ether oxygens (including phenoxy) is 1. The molecule has 0 spiro atoms. The summed E-state index contributed by atoms with van der Waals surface area (Å²) in [6.45, 7) is 13.5. The monoisotopic (exact) mass is 1080 g/mol. The third kappa shape index (κ3) is 7.74. The molecule has 0 fully saturated rings. The second kappa shape index (κ2) is 16.9. The van der Waals surface area contributed by atoms with Crippen LogP contribution in [-0.4, -0.2) is 14.1 Å². The summed E-state index contributed by atoms with van der Waals surface area (Å²) in [5.41, 5.74) is 14.3. The average Bonchev–Trinajstić information content (AvgIpc) is 4.03. The van der Waals surface area contributed by atoms with E-state index in [1.54, 1.807) is 0 Å². The van der Waals surface area contributed by atoms with Crippen molar-refractivity contribution >= 4 is 54.8 Å². The van der Waals surface area contributed by atoms with Crippen molar-refractivity contribution < 1.29 is 34.8 Å². The molecule has 8 aromatic carbocycles. The SMILES string of the molecule is CC(C)(C)c1ccnc(-n2c3[c-]c(Oc4[c-]c(-n5[c-][n+](-c6c(-c7ccc8oc9ccc(-c%10ccccc%10)cc9c8c7)cccc6C(C)(C)C)c6ccccc65)ccc4)ccc3c3ccccc32)c1.[Pt]. The van der Waals surface area contributed by atoms with E-state index in [9.17, 15) is 0 Å². The van der Waals surface area contributed by atoms with E-state index in [1.807, 2.05) is 24.4 Å². The molecular formula is C62H48N4O2Pt-2. The summed E-state index contributed by atoms with van der Waals surface area (Å²) in [4.78, 5) is 4.86. The second-order valence-corrected chi connectivity index (χ2v) is 19.7. The molecule has 0 radical (unpaired) electrons. The van der Waals surface area contributed by atoms with Gasteiger partial charge in [0, 0.05) is 55.1 Å². The Balaban J connectivity index is 0.00000520. The zero-order valence-electron chi connectivity index (χ0n) is 39.2. The summed E-state index contributed by atoms with van der Waals surface area (Å²) in [6.07, 6.45) is 5.71. The maximum Gasteiger partial charge on any atom is 0.268 e. The topological polar surface area (TPSA) is 49.0 Å². The Bertz CT molecular complexity index is 3920. The van der Waals surface area contributed by atoms with Gasteiger partial charge in [0.05, 0.1) is 16.7 Å². The molecular weight excluding hydrogens is 1030 g/mol. The first-order valence-corrected chi connectivity index (χ1v) is 23.2. The number of nitrogens with zero attached hydrogens (tertiary/aromatic N) is 4. The first kappa shape index (κ1) is 44.0. The van der Waals surface area contributed by atoms with Gasteiger partial charge in [-0.05, 0) is 97.7 Å². The number of imidazole rings is 1. The summed E-state index contributed by atoms with van der Waals surface area (Å²) in [7, 11) is 0. The van der Waals surface area contributed by atoms with Crippen molar-refractivity contribution in [2.24, 2.45) is 0 Å². The van der Waals surface area contributed by atoms with Crippen LogP contribution in [0.25, 0.3) is 94.2 Å². The minimum Gasteiger partial charge on any atom is -0.510 e. The van der Waals surface area contributed by atoms with Crippen molar-refractivity contribution in [3.8, 4) is 50.9 Å². The van der Waals surface area contributed by atoms with Crippen molar-refractivity contribution in [1.82, 2.24) is 14.1 Å². The number of para-hydroxylation sites is 4. The van der Waals surface area contributed by atoms with Crippen LogP contribution in [0.15, 0.2) is 187 Å². The molecule has 340 valence electrons. The van der Waals surface area contributed by atoms with Crippen LogP contribution in [0.4, 0.5) is 0 Å². The molecule has 0 bridgehead atoms. The predicted molar refractivity (Wildman–Crippen MR) is 276 cm³/mol.